The number of nitrogens with one attached hydrogen (secondary N) is 1. The Morgan fingerprint density at radius 3 is 2.75 bits per heavy atom. The molecule has 0 bridgehead atoms. The minimum atomic E-state index is 0.573. The summed E-state index contributed by atoms with van der Waals surface area (Å²) in [7, 11) is 1.80. The Bertz CT molecular complexity index is 405. The highest BCUT2D eigenvalue weighted by Crippen LogP contribution is 2.36. The molecule has 110 valence electrons. The number of benzene rings is 1. The minimum Gasteiger partial charge on any atom is -0.383 e. The minimum absolute atomic E-state index is 0.573. The summed E-state index contributed by atoms with van der Waals surface area (Å²) >= 11 is 0. The van der Waals surface area contributed by atoms with E-state index < -0.39 is 0 Å². The molecule has 1 aromatic rings. The normalized spacial score (nSPS) is 27.6. The van der Waals surface area contributed by atoms with E-state index in [9.17, 15) is 0 Å². The lowest BCUT2D eigenvalue weighted by molar-refractivity contribution is 0.0768. The number of rotatable bonds is 6. The van der Waals surface area contributed by atoms with Gasteiger partial charge in [-0.25, -0.2) is 0 Å². The molecular weight excluding hydrogens is 248 g/mol. The van der Waals surface area contributed by atoms with Crippen LogP contribution in [0.4, 0.5) is 0 Å². The van der Waals surface area contributed by atoms with Gasteiger partial charge in [0.1, 0.15) is 0 Å². The maximum atomic E-state index is 5.28. The number of hydrogen-bond acceptors (Lipinski definition) is 3. The molecular formula is C17H26N2O. The van der Waals surface area contributed by atoms with Crippen LogP contribution < -0.4 is 5.32 Å². The number of ether oxygens (including phenoxy) is 1. The first-order chi connectivity index (χ1) is 9.86. The molecule has 1 aliphatic carbocycles. The predicted octanol–water partition coefficient (Wildman–Crippen LogP) is 1.93. The third-order valence-electron chi connectivity index (χ3n) is 4.61. The Hall–Kier alpha value is -0.900. The number of methoxy groups -OCH3 is 1. The van der Waals surface area contributed by atoms with E-state index in [1.807, 2.05) is 0 Å². The molecule has 1 aromatic carbocycles. The van der Waals surface area contributed by atoms with Gasteiger partial charge in [-0.15, -0.1) is 0 Å². The van der Waals surface area contributed by atoms with E-state index in [1.54, 1.807) is 7.11 Å². The average Bonchev–Trinajstić information content (AvgIpc) is 3.31. The quantitative estimate of drug-likeness (QED) is 0.858. The van der Waals surface area contributed by atoms with Gasteiger partial charge in [-0.05, 0) is 30.7 Å². The highest BCUT2D eigenvalue weighted by Gasteiger charge is 2.38. The van der Waals surface area contributed by atoms with E-state index >= 15 is 0 Å². The summed E-state index contributed by atoms with van der Waals surface area (Å²) in [6, 6.07) is 12.1. The maximum Gasteiger partial charge on any atom is 0.0589 e. The Balaban J connectivity index is 1.58. The van der Waals surface area contributed by atoms with Gasteiger partial charge in [0, 0.05) is 38.8 Å². The van der Waals surface area contributed by atoms with Crippen LogP contribution in [0.5, 0.6) is 0 Å². The standard InChI is InChI=1S/C17H26N2O/c1-20-10-9-19-13-16(11-14-5-3-2-4-6-14)18-12-17(19)15-7-8-15/h2-6,15-18H,7-13H2,1H3. The van der Waals surface area contributed by atoms with Crippen LogP contribution in [0.1, 0.15) is 18.4 Å². The van der Waals surface area contributed by atoms with Crippen molar-refractivity contribution < 1.29 is 4.74 Å². The first-order valence-electron chi connectivity index (χ1n) is 7.87. The molecule has 3 nitrogen and oxygen atoms in total. The molecule has 0 amide bonds. The van der Waals surface area contributed by atoms with E-state index in [0.29, 0.717) is 6.04 Å². The molecule has 0 radical (unpaired) electrons. The van der Waals surface area contributed by atoms with Crippen molar-refractivity contribution in [3.05, 3.63) is 35.9 Å². The fourth-order valence-corrected chi connectivity index (χ4v) is 3.35. The monoisotopic (exact) mass is 274 g/mol. The third-order valence-corrected chi connectivity index (χ3v) is 4.61. The fourth-order valence-electron chi connectivity index (χ4n) is 3.35. The Morgan fingerprint density at radius 1 is 1.25 bits per heavy atom. The lowest BCUT2D eigenvalue weighted by Crippen LogP contribution is -2.58. The zero-order chi connectivity index (χ0) is 13.8. The summed E-state index contributed by atoms with van der Waals surface area (Å²) in [4.78, 5) is 2.66. The van der Waals surface area contributed by atoms with Gasteiger partial charge >= 0.3 is 0 Å². The lowest BCUT2D eigenvalue weighted by Gasteiger charge is -2.40. The van der Waals surface area contributed by atoms with Crippen molar-refractivity contribution in [3.8, 4) is 0 Å². The Labute approximate surface area is 122 Å². The Kier molecular flexibility index (Phi) is 4.71. The molecule has 2 aliphatic rings. The van der Waals surface area contributed by atoms with Gasteiger partial charge in [0.05, 0.1) is 6.61 Å². The van der Waals surface area contributed by atoms with Crippen molar-refractivity contribution in [2.45, 2.75) is 31.3 Å². The number of nitrogens with zero attached hydrogens (tertiary/aromatic N) is 1. The molecule has 2 fully saturated rings. The van der Waals surface area contributed by atoms with Crippen LogP contribution in [0, 0.1) is 5.92 Å². The van der Waals surface area contributed by atoms with Gasteiger partial charge in [0.25, 0.3) is 0 Å². The molecule has 1 heterocycles. The topological polar surface area (TPSA) is 24.5 Å². The largest absolute Gasteiger partial charge is 0.383 e. The molecule has 0 aromatic heterocycles. The molecule has 3 heteroatoms. The SMILES string of the molecule is COCCN1CC(Cc2ccccc2)NCC1C1CC1. The highest BCUT2D eigenvalue weighted by molar-refractivity contribution is 5.16. The summed E-state index contributed by atoms with van der Waals surface area (Å²) in [5, 5.41) is 3.76. The van der Waals surface area contributed by atoms with E-state index in [0.717, 1.165) is 44.6 Å². The zero-order valence-electron chi connectivity index (χ0n) is 12.4. The van der Waals surface area contributed by atoms with Gasteiger partial charge in [0.15, 0.2) is 0 Å². The first kappa shape index (κ1) is 14.1. The molecule has 2 atom stereocenters. The molecule has 1 saturated heterocycles. The van der Waals surface area contributed by atoms with Gasteiger partial charge in [0.2, 0.25) is 0 Å². The highest BCUT2D eigenvalue weighted by atomic mass is 16.5. The van der Waals surface area contributed by atoms with Crippen LogP contribution in [0.3, 0.4) is 0 Å². The van der Waals surface area contributed by atoms with Crippen molar-refractivity contribution in [1.29, 1.82) is 0 Å². The second kappa shape index (κ2) is 6.70. The molecule has 20 heavy (non-hydrogen) atoms. The van der Waals surface area contributed by atoms with Crippen LogP contribution in [0.15, 0.2) is 30.3 Å². The summed E-state index contributed by atoms with van der Waals surface area (Å²) in [6.45, 7) is 4.22. The third kappa shape index (κ3) is 3.60. The van der Waals surface area contributed by atoms with Crippen molar-refractivity contribution in [3.63, 3.8) is 0 Å². The second-order valence-electron chi connectivity index (χ2n) is 6.19. The molecule has 0 spiro atoms. The van der Waals surface area contributed by atoms with Crippen LogP contribution in [0.25, 0.3) is 0 Å². The van der Waals surface area contributed by atoms with E-state index in [-0.39, 0.29) is 0 Å². The number of hydrogen-bond donors (Lipinski definition) is 1. The van der Waals surface area contributed by atoms with Gasteiger partial charge < -0.3 is 10.1 Å². The summed E-state index contributed by atoms with van der Waals surface area (Å²) in [6.07, 6.45) is 3.96. The summed E-state index contributed by atoms with van der Waals surface area (Å²) in [5.74, 6) is 0.928. The van der Waals surface area contributed by atoms with Crippen molar-refractivity contribution in [2.24, 2.45) is 5.92 Å². The Morgan fingerprint density at radius 2 is 2.05 bits per heavy atom. The first-order valence-corrected chi connectivity index (χ1v) is 7.87. The predicted molar refractivity (Wildman–Crippen MR) is 81.9 cm³/mol. The molecule has 1 saturated carbocycles. The van der Waals surface area contributed by atoms with E-state index in [2.05, 4.69) is 40.5 Å². The zero-order valence-corrected chi connectivity index (χ0v) is 12.4. The van der Waals surface area contributed by atoms with Crippen molar-refractivity contribution in [1.82, 2.24) is 10.2 Å². The van der Waals surface area contributed by atoms with Gasteiger partial charge in [-0.2, -0.15) is 0 Å². The molecule has 1 N–H and O–H groups in total. The summed E-state index contributed by atoms with van der Waals surface area (Å²) in [5.41, 5.74) is 1.43. The molecule has 3 rings (SSSR count). The molecule has 1 aliphatic heterocycles. The van der Waals surface area contributed by atoms with Crippen LogP contribution in [-0.2, 0) is 11.2 Å². The fraction of sp³-hybridized carbons (Fsp3) is 0.647. The van der Waals surface area contributed by atoms with Crippen molar-refractivity contribution in [2.75, 3.05) is 33.4 Å². The second-order valence-corrected chi connectivity index (χ2v) is 6.19. The van der Waals surface area contributed by atoms with Crippen LogP contribution in [0.2, 0.25) is 0 Å². The molecule has 2 unspecified atom stereocenters. The smallest absolute Gasteiger partial charge is 0.0589 e. The van der Waals surface area contributed by atoms with Crippen LogP contribution in [-0.4, -0.2) is 50.3 Å². The van der Waals surface area contributed by atoms with E-state index in [1.165, 1.54) is 18.4 Å². The average molecular weight is 274 g/mol. The maximum absolute atomic E-state index is 5.28. The van der Waals surface area contributed by atoms with Crippen LogP contribution >= 0.6 is 0 Å². The van der Waals surface area contributed by atoms with Gasteiger partial charge in [-0.3, -0.25) is 4.90 Å². The number of piperazine rings is 1. The van der Waals surface area contributed by atoms with Crippen molar-refractivity contribution >= 4 is 0 Å². The summed E-state index contributed by atoms with van der Waals surface area (Å²) < 4.78 is 5.28. The van der Waals surface area contributed by atoms with Gasteiger partial charge in [-0.1, -0.05) is 30.3 Å². The van der Waals surface area contributed by atoms with E-state index in [4.69, 9.17) is 4.74 Å². The lowest BCUT2D eigenvalue weighted by atomic mass is 9.99.